The van der Waals surface area contributed by atoms with Crippen molar-refractivity contribution < 1.29 is 4.79 Å². The Labute approximate surface area is 106 Å². The molecule has 15 heavy (non-hydrogen) atoms. The Balaban J connectivity index is 1.81. The highest BCUT2D eigenvalue weighted by molar-refractivity contribution is 9.10. The molecule has 3 rings (SSSR count). The van der Waals surface area contributed by atoms with Crippen LogP contribution in [-0.4, -0.2) is 5.78 Å². The lowest BCUT2D eigenvalue weighted by Crippen LogP contribution is -2.03. The van der Waals surface area contributed by atoms with E-state index in [0.717, 1.165) is 9.35 Å². The molecule has 2 aliphatic rings. The maximum absolute atomic E-state index is 12.1. The second-order valence-corrected chi connectivity index (χ2v) is 6.89. The van der Waals surface area contributed by atoms with Crippen LogP contribution in [-0.2, 0) is 0 Å². The monoisotopic (exact) mass is 304 g/mol. The van der Waals surface area contributed by atoms with E-state index in [1.807, 2.05) is 6.07 Å². The molecule has 2 aliphatic carbocycles. The molecule has 2 saturated carbocycles. The SMILES string of the molecule is O=C(c1cc(Br)c(Cl)s1)C1C2CCCC21. The smallest absolute Gasteiger partial charge is 0.176 e. The first-order valence-electron chi connectivity index (χ1n) is 5.17. The van der Waals surface area contributed by atoms with E-state index in [-0.39, 0.29) is 0 Å². The van der Waals surface area contributed by atoms with Crippen LogP contribution in [0, 0.1) is 17.8 Å². The molecule has 4 heteroatoms. The number of hydrogen-bond acceptors (Lipinski definition) is 2. The fraction of sp³-hybridized carbons (Fsp3) is 0.545. The van der Waals surface area contributed by atoms with Gasteiger partial charge in [-0.15, -0.1) is 11.3 Å². The van der Waals surface area contributed by atoms with E-state index in [4.69, 9.17) is 11.6 Å². The molecule has 0 N–H and O–H groups in total. The Hall–Kier alpha value is 0.140. The zero-order valence-electron chi connectivity index (χ0n) is 8.00. The summed E-state index contributed by atoms with van der Waals surface area (Å²) in [4.78, 5) is 12.9. The van der Waals surface area contributed by atoms with Crippen LogP contribution >= 0.6 is 38.9 Å². The van der Waals surface area contributed by atoms with Crippen molar-refractivity contribution in [3.63, 3.8) is 0 Å². The number of rotatable bonds is 2. The topological polar surface area (TPSA) is 17.1 Å². The van der Waals surface area contributed by atoms with Gasteiger partial charge in [0.2, 0.25) is 0 Å². The van der Waals surface area contributed by atoms with Gasteiger partial charge in [0.25, 0.3) is 0 Å². The standard InChI is InChI=1S/C11H10BrClOS/c12-7-4-8(15-11(7)13)10(14)9-5-2-1-3-6(5)9/h4-6,9H,1-3H2. The van der Waals surface area contributed by atoms with Gasteiger partial charge >= 0.3 is 0 Å². The van der Waals surface area contributed by atoms with Gasteiger partial charge in [0.05, 0.1) is 4.88 Å². The lowest BCUT2D eigenvalue weighted by Gasteiger charge is -1.99. The summed E-state index contributed by atoms with van der Waals surface area (Å²) in [5.41, 5.74) is 0. The molecule has 0 radical (unpaired) electrons. The molecular formula is C11H10BrClOS. The number of halogens is 2. The van der Waals surface area contributed by atoms with Crippen molar-refractivity contribution in [1.82, 2.24) is 0 Å². The van der Waals surface area contributed by atoms with Crippen molar-refractivity contribution in [1.29, 1.82) is 0 Å². The molecule has 1 heterocycles. The Morgan fingerprint density at radius 3 is 2.67 bits per heavy atom. The van der Waals surface area contributed by atoms with E-state index in [2.05, 4.69) is 15.9 Å². The van der Waals surface area contributed by atoms with Crippen LogP contribution in [0.3, 0.4) is 0 Å². The van der Waals surface area contributed by atoms with Crippen molar-refractivity contribution >= 4 is 44.7 Å². The largest absolute Gasteiger partial charge is 0.293 e. The summed E-state index contributed by atoms with van der Waals surface area (Å²) in [6, 6.07) is 1.86. The maximum atomic E-state index is 12.1. The van der Waals surface area contributed by atoms with Gasteiger partial charge in [0.15, 0.2) is 5.78 Å². The lowest BCUT2D eigenvalue weighted by atomic mass is 10.1. The van der Waals surface area contributed by atoms with Crippen LogP contribution in [0.2, 0.25) is 4.34 Å². The lowest BCUT2D eigenvalue weighted by molar-refractivity contribution is 0.0955. The third-order valence-corrected chi connectivity index (χ3v) is 6.09. The average molecular weight is 306 g/mol. The molecule has 1 aromatic heterocycles. The Bertz CT molecular complexity index is 399. The van der Waals surface area contributed by atoms with Crippen LogP contribution < -0.4 is 0 Å². The number of fused-ring (bicyclic) bond motifs is 1. The third kappa shape index (κ3) is 1.60. The molecular weight excluding hydrogens is 296 g/mol. The van der Waals surface area contributed by atoms with Crippen molar-refractivity contribution in [3.05, 3.63) is 19.8 Å². The highest BCUT2D eigenvalue weighted by Crippen LogP contribution is 2.59. The van der Waals surface area contributed by atoms with Crippen LogP contribution in [0.25, 0.3) is 0 Å². The molecule has 2 unspecified atom stereocenters. The summed E-state index contributed by atoms with van der Waals surface area (Å²) in [7, 11) is 0. The first-order chi connectivity index (χ1) is 7.18. The minimum absolute atomic E-state index is 0.320. The molecule has 0 saturated heterocycles. The van der Waals surface area contributed by atoms with E-state index < -0.39 is 0 Å². The minimum atomic E-state index is 0.320. The van der Waals surface area contributed by atoms with Crippen molar-refractivity contribution in [2.75, 3.05) is 0 Å². The highest BCUT2D eigenvalue weighted by atomic mass is 79.9. The molecule has 0 aliphatic heterocycles. The molecule has 0 spiro atoms. The fourth-order valence-corrected chi connectivity index (χ4v) is 4.53. The number of carbonyl (C=O) groups is 1. The van der Waals surface area contributed by atoms with Crippen molar-refractivity contribution in [2.45, 2.75) is 19.3 Å². The number of carbonyl (C=O) groups excluding carboxylic acids is 1. The maximum Gasteiger partial charge on any atom is 0.176 e. The number of ketones is 1. The Kier molecular flexibility index (Phi) is 2.45. The first-order valence-corrected chi connectivity index (χ1v) is 7.16. The summed E-state index contributed by atoms with van der Waals surface area (Å²) >= 11 is 10.7. The normalized spacial score (nSPS) is 32.8. The molecule has 80 valence electrons. The average Bonchev–Trinajstić information content (AvgIpc) is 2.59. The fourth-order valence-electron chi connectivity index (χ4n) is 2.84. The van der Waals surface area contributed by atoms with Gasteiger partial charge in [-0.3, -0.25) is 4.79 Å². The summed E-state index contributed by atoms with van der Waals surface area (Å²) in [6.07, 6.45) is 3.82. The molecule has 0 bridgehead atoms. The first kappa shape index (κ1) is 10.3. The van der Waals surface area contributed by atoms with E-state index in [1.54, 1.807) is 0 Å². The van der Waals surface area contributed by atoms with Gasteiger partial charge in [0.1, 0.15) is 4.34 Å². The molecule has 1 nitrogen and oxygen atoms in total. The van der Waals surface area contributed by atoms with Crippen molar-refractivity contribution in [3.8, 4) is 0 Å². The van der Waals surface area contributed by atoms with Crippen LogP contribution in [0.15, 0.2) is 10.5 Å². The summed E-state index contributed by atoms with van der Waals surface area (Å²) < 4.78 is 1.53. The number of thiophene rings is 1. The van der Waals surface area contributed by atoms with E-state index in [9.17, 15) is 4.79 Å². The zero-order valence-corrected chi connectivity index (χ0v) is 11.2. The molecule has 1 aromatic rings. The summed E-state index contributed by atoms with van der Waals surface area (Å²) in [5, 5.41) is 0. The van der Waals surface area contributed by atoms with Gasteiger partial charge < -0.3 is 0 Å². The predicted octanol–water partition coefficient (Wildman–Crippen LogP) is 4.39. The van der Waals surface area contributed by atoms with E-state index in [1.165, 1.54) is 30.6 Å². The van der Waals surface area contributed by atoms with Crippen LogP contribution in [0.4, 0.5) is 0 Å². The predicted molar refractivity (Wildman–Crippen MR) is 65.7 cm³/mol. The Morgan fingerprint density at radius 2 is 2.13 bits per heavy atom. The quantitative estimate of drug-likeness (QED) is 0.741. The van der Waals surface area contributed by atoms with Gasteiger partial charge in [-0.05, 0) is 46.7 Å². The van der Waals surface area contributed by atoms with Crippen molar-refractivity contribution in [2.24, 2.45) is 17.8 Å². The minimum Gasteiger partial charge on any atom is -0.293 e. The Morgan fingerprint density at radius 1 is 1.47 bits per heavy atom. The second-order valence-electron chi connectivity index (χ2n) is 4.38. The van der Waals surface area contributed by atoms with Crippen LogP contribution in [0.1, 0.15) is 28.9 Å². The van der Waals surface area contributed by atoms with Gasteiger partial charge in [-0.25, -0.2) is 0 Å². The van der Waals surface area contributed by atoms with E-state index in [0.29, 0.717) is 27.9 Å². The van der Waals surface area contributed by atoms with Gasteiger partial charge in [-0.2, -0.15) is 0 Å². The molecule has 2 fully saturated rings. The zero-order chi connectivity index (χ0) is 10.6. The van der Waals surface area contributed by atoms with Gasteiger partial charge in [0, 0.05) is 10.4 Å². The third-order valence-electron chi connectivity index (χ3n) is 3.60. The number of hydrogen-bond donors (Lipinski definition) is 0. The second kappa shape index (κ2) is 3.57. The summed E-state index contributed by atoms with van der Waals surface area (Å²) in [5.74, 6) is 2.02. The molecule has 0 aromatic carbocycles. The van der Waals surface area contributed by atoms with Crippen LogP contribution in [0.5, 0.6) is 0 Å². The highest BCUT2D eigenvalue weighted by Gasteiger charge is 2.56. The molecule has 2 atom stereocenters. The number of Topliss-reactive ketones (excluding diaryl/α,β-unsaturated/α-hetero) is 1. The van der Waals surface area contributed by atoms with Gasteiger partial charge in [-0.1, -0.05) is 18.0 Å². The summed E-state index contributed by atoms with van der Waals surface area (Å²) in [6.45, 7) is 0. The molecule has 0 amide bonds. The van der Waals surface area contributed by atoms with E-state index >= 15 is 0 Å².